The fourth-order valence-electron chi connectivity index (χ4n) is 2.71. The molecule has 0 spiro atoms. The lowest BCUT2D eigenvalue weighted by Gasteiger charge is -2.08. The molecule has 4 rings (SSSR count). The van der Waals surface area contributed by atoms with E-state index in [-0.39, 0.29) is 11.2 Å². The number of anilines is 1. The van der Waals surface area contributed by atoms with Crippen LogP contribution in [0.5, 0.6) is 0 Å². The van der Waals surface area contributed by atoms with Gasteiger partial charge in [-0.1, -0.05) is 6.07 Å². The number of imidazole rings is 1. The minimum absolute atomic E-state index is 0.263. The number of aryl methyl sites for hydroxylation is 2. The third kappa shape index (κ3) is 3.00. The maximum Gasteiger partial charge on any atom is 0.332 e. The molecule has 1 N–H and O–H groups in total. The van der Waals surface area contributed by atoms with Gasteiger partial charge < -0.3 is 9.88 Å². The smallest absolute Gasteiger partial charge is 0.328 e. The number of rotatable bonds is 4. The van der Waals surface area contributed by atoms with Crippen molar-refractivity contribution < 1.29 is 4.79 Å². The lowest BCUT2D eigenvalue weighted by molar-refractivity contribution is -0.116. The van der Waals surface area contributed by atoms with Gasteiger partial charge in [-0.05, 0) is 11.4 Å². The van der Waals surface area contributed by atoms with Gasteiger partial charge in [-0.25, -0.2) is 19.3 Å². The van der Waals surface area contributed by atoms with Gasteiger partial charge in [-0.3, -0.25) is 14.2 Å². The molecule has 0 unspecified atom stereocenters. The molecule has 0 aliphatic carbocycles. The number of carbonyl (C=O) groups is 1. The predicted octanol–water partition coefficient (Wildman–Crippen LogP) is 1.26. The summed E-state index contributed by atoms with van der Waals surface area (Å²) < 4.78 is 3.68. The first-order valence-corrected chi connectivity index (χ1v) is 9.61. The second-order valence-corrected chi connectivity index (χ2v) is 7.63. The lowest BCUT2D eigenvalue weighted by atomic mass is 10.4. The third-order valence-electron chi connectivity index (χ3n) is 4.03. The molecule has 11 heteroatoms. The number of thiophene rings is 1. The molecule has 0 atom stereocenters. The Balaban J connectivity index is 1.61. The number of thiazole rings is 1. The molecule has 0 aromatic carbocycles. The summed E-state index contributed by atoms with van der Waals surface area (Å²) in [6, 6.07) is 3.87. The van der Waals surface area contributed by atoms with E-state index >= 15 is 0 Å². The number of aromatic nitrogens is 5. The summed E-state index contributed by atoms with van der Waals surface area (Å²) in [5.41, 5.74) is 0.167. The van der Waals surface area contributed by atoms with Crippen molar-refractivity contribution in [3.8, 4) is 10.6 Å². The zero-order valence-corrected chi connectivity index (χ0v) is 16.0. The van der Waals surface area contributed by atoms with Crippen molar-refractivity contribution in [2.24, 2.45) is 14.1 Å². The quantitative estimate of drug-likeness (QED) is 0.553. The Labute approximate surface area is 160 Å². The van der Waals surface area contributed by atoms with Gasteiger partial charge in [0.25, 0.3) is 5.56 Å². The SMILES string of the molecule is Cn1cnc2c1c(=O)n(CC(=O)Nc1nc(-c3cccs3)cs1)c(=O)n2C. The van der Waals surface area contributed by atoms with Crippen LogP contribution < -0.4 is 16.6 Å². The van der Waals surface area contributed by atoms with Gasteiger partial charge in [0, 0.05) is 19.5 Å². The standard InChI is InChI=1S/C16H14N6O3S2/c1-20-8-17-13-12(20)14(24)22(16(25)21(13)2)6-11(23)19-15-18-9(7-27-15)10-4-3-5-26-10/h3-5,7-8H,6H2,1-2H3,(H,18,19,23). The van der Waals surface area contributed by atoms with Crippen LogP contribution in [-0.2, 0) is 25.4 Å². The summed E-state index contributed by atoms with van der Waals surface area (Å²) in [5, 5.41) is 6.85. The van der Waals surface area contributed by atoms with Crippen molar-refractivity contribution in [2.45, 2.75) is 6.54 Å². The minimum atomic E-state index is -0.597. The Bertz CT molecular complexity index is 1260. The molecule has 4 aromatic rings. The zero-order chi connectivity index (χ0) is 19.1. The molecule has 0 fully saturated rings. The summed E-state index contributed by atoms with van der Waals surface area (Å²) in [7, 11) is 3.17. The zero-order valence-electron chi connectivity index (χ0n) is 14.4. The summed E-state index contributed by atoms with van der Waals surface area (Å²) in [5.74, 6) is -0.497. The molecular weight excluding hydrogens is 388 g/mol. The molecule has 27 heavy (non-hydrogen) atoms. The highest BCUT2D eigenvalue weighted by Crippen LogP contribution is 2.28. The van der Waals surface area contributed by atoms with Crippen LogP contribution >= 0.6 is 22.7 Å². The molecule has 138 valence electrons. The number of hydrogen-bond acceptors (Lipinski definition) is 7. The highest BCUT2D eigenvalue weighted by atomic mass is 32.1. The molecular formula is C16H14N6O3S2. The van der Waals surface area contributed by atoms with Crippen LogP contribution in [0.4, 0.5) is 5.13 Å². The normalized spacial score (nSPS) is 11.2. The van der Waals surface area contributed by atoms with E-state index < -0.39 is 23.7 Å². The number of nitrogens with one attached hydrogen (secondary N) is 1. The average molecular weight is 402 g/mol. The maximum atomic E-state index is 12.6. The molecule has 4 aromatic heterocycles. The average Bonchev–Trinajstić information content (AvgIpc) is 3.37. The van der Waals surface area contributed by atoms with E-state index in [1.54, 1.807) is 18.4 Å². The van der Waals surface area contributed by atoms with Gasteiger partial charge in [0.1, 0.15) is 6.54 Å². The van der Waals surface area contributed by atoms with Crippen LogP contribution in [0.2, 0.25) is 0 Å². The van der Waals surface area contributed by atoms with E-state index in [1.165, 1.54) is 33.8 Å². The van der Waals surface area contributed by atoms with Crippen LogP contribution in [0, 0.1) is 0 Å². The van der Waals surface area contributed by atoms with E-state index in [9.17, 15) is 14.4 Å². The Hall–Kier alpha value is -3.05. The molecule has 0 saturated heterocycles. The van der Waals surface area contributed by atoms with Crippen molar-refractivity contribution in [1.29, 1.82) is 0 Å². The minimum Gasteiger partial charge on any atom is -0.328 e. The number of carbonyl (C=O) groups excluding carboxylic acids is 1. The van der Waals surface area contributed by atoms with Gasteiger partial charge in [0.05, 0.1) is 16.9 Å². The summed E-state index contributed by atoms with van der Waals surface area (Å²) in [6.45, 7) is -0.402. The molecule has 9 nitrogen and oxygen atoms in total. The van der Waals surface area contributed by atoms with Gasteiger partial charge in [0.2, 0.25) is 5.91 Å². The summed E-state index contributed by atoms with van der Waals surface area (Å²) in [4.78, 5) is 46.9. The van der Waals surface area contributed by atoms with E-state index in [4.69, 9.17) is 0 Å². The molecule has 0 aliphatic rings. The van der Waals surface area contributed by atoms with E-state index in [0.29, 0.717) is 5.13 Å². The molecule has 0 saturated carbocycles. The van der Waals surface area contributed by atoms with E-state index in [1.807, 2.05) is 22.9 Å². The van der Waals surface area contributed by atoms with Crippen LogP contribution in [-0.4, -0.2) is 29.6 Å². The van der Waals surface area contributed by atoms with Crippen molar-refractivity contribution >= 4 is 44.9 Å². The van der Waals surface area contributed by atoms with Gasteiger partial charge >= 0.3 is 5.69 Å². The van der Waals surface area contributed by atoms with Crippen molar-refractivity contribution in [3.05, 3.63) is 50.1 Å². The van der Waals surface area contributed by atoms with Crippen LogP contribution in [0.1, 0.15) is 0 Å². The van der Waals surface area contributed by atoms with Crippen LogP contribution in [0.25, 0.3) is 21.7 Å². The van der Waals surface area contributed by atoms with Crippen molar-refractivity contribution in [2.75, 3.05) is 5.32 Å². The fraction of sp³-hybridized carbons (Fsp3) is 0.188. The van der Waals surface area contributed by atoms with Crippen LogP contribution in [0.3, 0.4) is 0 Å². The Kier molecular flexibility index (Phi) is 4.24. The second-order valence-electron chi connectivity index (χ2n) is 5.82. The Morgan fingerprint density at radius 2 is 2.07 bits per heavy atom. The number of nitrogens with zero attached hydrogens (tertiary/aromatic N) is 5. The lowest BCUT2D eigenvalue weighted by Crippen LogP contribution is -2.42. The first-order valence-electron chi connectivity index (χ1n) is 7.86. The molecule has 0 radical (unpaired) electrons. The predicted molar refractivity (Wildman–Crippen MR) is 104 cm³/mol. The largest absolute Gasteiger partial charge is 0.332 e. The first kappa shape index (κ1) is 17.4. The summed E-state index contributed by atoms with van der Waals surface area (Å²) >= 11 is 2.84. The Morgan fingerprint density at radius 3 is 2.81 bits per heavy atom. The van der Waals surface area contributed by atoms with Gasteiger partial charge in [-0.15, -0.1) is 22.7 Å². The highest BCUT2D eigenvalue weighted by molar-refractivity contribution is 7.16. The van der Waals surface area contributed by atoms with E-state index in [2.05, 4.69) is 15.3 Å². The number of hydrogen-bond donors (Lipinski definition) is 1. The van der Waals surface area contributed by atoms with Crippen molar-refractivity contribution in [3.63, 3.8) is 0 Å². The second kappa shape index (κ2) is 6.59. The number of amides is 1. The molecule has 1 amide bonds. The topological polar surface area (TPSA) is 104 Å². The van der Waals surface area contributed by atoms with Gasteiger partial charge in [0.15, 0.2) is 16.3 Å². The molecule has 4 heterocycles. The number of fused-ring (bicyclic) bond motifs is 1. The summed E-state index contributed by atoms with van der Waals surface area (Å²) in [6.07, 6.45) is 1.46. The maximum absolute atomic E-state index is 12.6. The molecule has 0 bridgehead atoms. The third-order valence-corrected chi connectivity index (χ3v) is 5.68. The van der Waals surface area contributed by atoms with Crippen molar-refractivity contribution in [1.82, 2.24) is 23.7 Å². The monoisotopic (exact) mass is 402 g/mol. The fourth-order valence-corrected chi connectivity index (χ4v) is 4.19. The Morgan fingerprint density at radius 1 is 1.26 bits per heavy atom. The van der Waals surface area contributed by atoms with E-state index in [0.717, 1.165) is 15.1 Å². The highest BCUT2D eigenvalue weighted by Gasteiger charge is 2.17. The van der Waals surface area contributed by atoms with Gasteiger partial charge in [-0.2, -0.15) is 0 Å². The molecule has 0 aliphatic heterocycles. The first-order chi connectivity index (χ1) is 13.0. The van der Waals surface area contributed by atoms with Crippen LogP contribution in [0.15, 0.2) is 38.8 Å².